The van der Waals surface area contributed by atoms with Gasteiger partial charge in [0.2, 0.25) is 0 Å². The zero-order valence-corrected chi connectivity index (χ0v) is 13.1. The normalized spacial score (nSPS) is 20.3. The highest BCUT2D eigenvalue weighted by Crippen LogP contribution is 2.33. The van der Waals surface area contributed by atoms with Gasteiger partial charge in [0.25, 0.3) is 0 Å². The molecular weight excluding hydrogens is 274 g/mol. The van der Waals surface area contributed by atoms with E-state index >= 15 is 0 Å². The molecule has 1 aromatic rings. The molecule has 4 heteroatoms. The van der Waals surface area contributed by atoms with Crippen LogP contribution in [0.1, 0.15) is 37.3 Å². The fraction of sp³-hybridized carbons (Fsp3) is 0.562. The molecule has 0 aliphatic carbocycles. The van der Waals surface area contributed by atoms with Crippen molar-refractivity contribution in [3.63, 3.8) is 0 Å². The van der Waals surface area contributed by atoms with Crippen molar-refractivity contribution in [2.45, 2.75) is 32.6 Å². The van der Waals surface area contributed by atoms with Crippen LogP contribution in [-0.4, -0.2) is 36.1 Å². The number of hydrogen-bond acceptors (Lipinski definition) is 2. The van der Waals surface area contributed by atoms with Crippen molar-refractivity contribution in [2.75, 3.05) is 20.1 Å². The van der Waals surface area contributed by atoms with E-state index in [4.69, 9.17) is 11.6 Å². The van der Waals surface area contributed by atoms with Gasteiger partial charge in [0, 0.05) is 11.6 Å². The summed E-state index contributed by atoms with van der Waals surface area (Å²) < 4.78 is 0. The monoisotopic (exact) mass is 295 g/mol. The lowest BCUT2D eigenvalue weighted by Gasteiger charge is -2.20. The van der Waals surface area contributed by atoms with E-state index in [0.717, 1.165) is 30.1 Å². The van der Waals surface area contributed by atoms with Gasteiger partial charge in [-0.15, -0.1) is 0 Å². The summed E-state index contributed by atoms with van der Waals surface area (Å²) in [5.74, 6) is -0.288. The van der Waals surface area contributed by atoms with Gasteiger partial charge >= 0.3 is 5.97 Å². The molecule has 0 aromatic heterocycles. The molecule has 110 valence electrons. The molecule has 1 aliphatic rings. The maximum Gasteiger partial charge on any atom is 0.309 e. The Morgan fingerprint density at radius 1 is 1.50 bits per heavy atom. The topological polar surface area (TPSA) is 40.5 Å². The van der Waals surface area contributed by atoms with E-state index in [1.165, 1.54) is 5.56 Å². The minimum absolute atomic E-state index is 0.493. The first-order chi connectivity index (χ1) is 9.29. The number of carboxylic acids is 1. The Morgan fingerprint density at radius 2 is 2.20 bits per heavy atom. The Balaban J connectivity index is 2.16. The first kappa shape index (κ1) is 15.3. The molecule has 0 spiro atoms. The zero-order chi connectivity index (χ0) is 14.9. The van der Waals surface area contributed by atoms with Crippen LogP contribution in [0.2, 0.25) is 5.02 Å². The van der Waals surface area contributed by atoms with Gasteiger partial charge in [-0.25, -0.2) is 0 Å². The lowest BCUT2D eigenvalue weighted by Crippen LogP contribution is -2.26. The average molecular weight is 296 g/mol. The molecular formula is C16H22ClNO2. The Kier molecular flexibility index (Phi) is 4.40. The van der Waals surface area contributed by atoms with Crippen molar-refractivity contribution >= 4 is 17.6 Å². The van der Waals surface area contributed by atoms with E-state index in [-0.39, 0.29) is 0 Å². The van der Waals surface area contributed by atoms with Crippen LogP contribution in [0, 0.1) is 5.41 Å². The minimum Gasteiger partial charge on any atom is -0.481 e. The van der Waals surface area contributed by atoms with E-state index in [1.54, 1.807) is 13.8 Å². The van der Waals surface area contributed by atoms with Crippen molar-refractivity contribution < 1.29 is 9.90 Å². The Labute approximate surface area is 125 Å². The summed E-state index contributed by atoms with van der Waals surface area (Å²) in [5.41, 5.74) is 1.41. The minimum atomic E-state index is -0.782. The SMILES string of the molecule is CN1CCC(c2ccc(CC(C)(C)C(=O)O)cc2Cl)C1. The molecule has 1 unspecified atom stereocenters. The molecule has 1 N–H and O–H groups in total. The third-order valence-corrected chi connectivity index (χ3v) is 4.45. The second-order valence-corrected chi connectivity index (χ2v) is 6.88. The van der Waals surface area contributed by atoms with E-state index in [9.17, 15) is 9.90 Å². The second kappa shape index (κ2) is 5.74. The first-order valence-corrected chi connectivity index (χ1v) is 7.37. The molecule has 2 rings (SSSR count). The largest absolute Gasteiger partial charge is 0.481 e. The lowest BCUT2D eigenvalue weighted by atomic mass is 9.85. The van der Waals surface area contributed by atoms with Gasteiger partial charge in [-0.05, 0) is 63.4 Å². The molecule has 1 saturated heterocycles. The number of nitrogens with zero attached hydrogens (tertiary/aromatic N) is 1. The third-order valence-electron chi connectivity index (χ3n) is 4.12. The van der Waals surface area contributed by atoms with Gasteiger partial charge in [-0.3, -0.25) is 4.79 Å². The van der Waals surface area contributed by atoms with Crippen molar-refractivity contribution in [1.29, 1.82) is 0 Å². The van der Waals surface area contributed by atoms with E-state index < -0.39 is 11.4 Å². The smallest absolute Gasteiger partial charge is 0.309 e. The molecule has 0 bridgehead atoms. The molecule has 3 nitrogen and oxygen atoms in total. The highest BCUT2D eigenvalue weighted by atomic mass is 35.5. The van der Waals surface area contributed by atoms with Crippen LogP contribution in [-0.2, 0) is 11.2 Å². The first-order valence-electron chi connectivity index (χ1n) is 7.00. The number of carbonyl (C=O) groups is 1. The Hall–Kier alpha value is -1.06. The Morgan fingerprint density at radius 3 is 2.70 bits per heavy atom. The Bertz CT molecular complexity index is 513. The zero-order valence-electron chi connectivity index (χ0n) is 12.3. The maximum absolute atomic E-state index is 11.2. The van der Waals surface area contributed by atoms with Crippen LogP contribution >= 0.6 is 11.6 Å². The summed E-state index contributed by atoms with van der Waals surface area (Å²) in [4.78, 5) is 13.5. The standard InChI is InChI=1S/C16H22ClNO2/c1-16(2,15(19)20)9-11-4-5-13(14(17)8-11)12-6-7-18(3)10-12/h4-5,8,12H,6-7,9-10H2,1-3H3,(H,19,20). The van der Waals surface area contributed by atoms with Crippen LogP contribution in [0.25, 0.3) is 0 Å². The molecule has 1 aliphatic heterocycles. The fourth-order valence-electron chi connectivity index (χ4n) is 2.79. The summed E-state index contributed by atoms with van der Waals surface area (Å²) >= 11 is 6.40. The quantitative estimate of drug-likeness (QED) is 0.925. The van der Waals surface area contributed by atoms with Gasteiger partial charge in [-0.1, -0.05) is 23.7 Å². The van der Waals surface area contributed by atoms with Crippen LogP contribution in [0.15, 0.2) is 18.2 Å². The van der Waals surface area contributed by atoms with Gasteiger partial charge in [0.15, 0.2) is 0 Å². The van der Waals surface area contributed by atoms with Crippen molar-refractivity contribution in [2.24, 2.45) is 5.41 Å². The van der Waals surface area contributed by atoms with Crippen molar-refractivity contribution in [1.82, 2.24) is 4.90 Å². The molecule has 1 fully saturated rings. The third kappa shape index (κ3) is 3.33. The summed E-state index contributed by atoms with van der Waals surface area (Å²) in [6.07, 6.45) is 1.63. The molecule has 1 atom stereocenters. The predicted octanol–water partition coefficient (Wildman–Crippen LogP) is 3.41. The summed E-state index contributed by atoms with van der Waals surface area (Å²) in [7, 11) is 2.12. The van der Waals surface area contributed by atoms with Crippen LogP contribution in [0.5, 0.6) is 0 Å². The fourth-order valence-corrected chi connectivity index (χ4v) is 3.14. The van der Waals surface area contributed by atoms with Gasteiger partial charge in [0.05, 0.1) is 5.41 Å². The number of aliphatic carboxylic acids is 1. The van der Waals surface area contributed by atoms with Crippen LogP contribution in [0.3, 0.4) is 0 Å². The summed E-state index contributed by atoms with van der Waals surface area (Å²) in [6.45, 7) is 5.63. The molecule has 0 amide bonds. The summed E-state index contributed by atoms with van der Waals surface area (Å²) in [6, 6.07) is 6.02. The highest BCUT2D eigenvalue weighted by molar-refractivity contribution is 6.31. The average Bonchev–Trinajstić information content (AvgIpc) is 2.75. The molecule has 0 radical (unpaired) electrons. The predicted molar refractivity (Wildman–Crippen MR) is 81.4 cm³/mol. The number of likely N-dealkylation sites (tertiary alicyclic amines) is 1. The molecule has 1 heterocycles. The number of carboxylic acid groups (broad SMARTS) is 1. The highest BCUT2D eigenvalue weighted by Gasteiger charge is 2.28. The van der Waals surface area contributed by atoms with Crippen molar-refractivity contribution in [3.05, 3.63) is 34.3 Å². The number of benzene rings is 1. The molecule has 0 saturated carbocycles. The number of likely N-dealkylation sites (N-methyl/N-ethyl adjacent to an activating group) is 1. The molecule has 1 aromatic carbocycles. The van der Waals surface area contributed by atoms with Gasteiger partial charge in [-0.2, -0.15) is 0 Å². The number of halogens is 1. The number of rotatable bonds is 4. The van der Waals surface area contributed by atoms with Crippen LogP contribution < -0.4 is 0 Å². The van der Waals surface area contributed by atoms with E-state index in [0.29, 0.717) is 12.3 Å². The molecule has 20 heavy (non-hydrogen) atoms. The van der Waals surface area contributed by atoms with Crippen molar-refractivity contribution in [3.8, 4) is 0 Å². The lowest BCUT2D eigenvalue weighted by molar-refractivity contribution is -0.146. The van der Waals surface area contributed by atoms with Crippen LogP contribution in [0.4, 0.5) is 0 Å². The number of hydrogen-bond donors (Lipinski definition) is 1. The van der Waals surface area contributed by atoms with E-state index in [2.05, 4.69) is 18.0 Å². The summed E-state index contributed by atoms with van der Waals surface area (Å²) in [5, 5.41) is 9.96. The maximum atomic E-state index is 11.2. The van der Waals surface area contributed by atoms with Gasteiger partial charge < -0.3 is 10.0 Å². The van der Waals surface area contributed by atoms with E-state index in [1.807, 2.05) is 12.1 Å². The van der Waals surface area contributed by atoms with Gasteiger partial charge in [0.1, 0.15) is 0 Å². The second-order valence-electron chi connectivity index (χ2n) is 6.47.